The first-order chi connectivity index (χ1) is 15.9. The molecule has 0 saturated heterocycles. The van der Waals surface area contributed by atoms with E-state index in [0.717, 1.165) is 24.8 Å². The van der Waals surface area contributed by atoms with E-state index < -0.39 is 10.0 Å². The molecule has 0 bridgehead atoms. The molecule has 9 heteroatoms. The summed E-state index contributed by atoms with van der Waals surface area (Å²) in [7, 11) is -0.319. The number of hydrogen-bond acceptors (Lipinski definition) is 6. The van der Waals surface area contributed by atoms with Gasteiger partial charge in [0.05, 0.1) is 19.1 Å². The number of sulfonamides is 1. The number of carbonyl (C=O) groups is 1. The smallest absolute Gasteiger partial charge is 0.263 e. The Hall–Kier alpha value is -3.07. The number of amidine groups is 1. The largest absolute Gasteiger partial charge is 0.493 e. The van der Waals surface area contributed by atoms with Gasteiger partial charge >= 0.3 is 0 Å². The Morgan fingerprint density at radius 2 is 1.79 bits per heavy atom. The van der Waals surface area contributed by atoms with Crippen LogP contribution in [0.2, 0.25) is 0 Å². The fourth-order valence-electron chi connectivity index (χ4n) is 3.74. The lowest BCUT2D eigenvalue weighted by Gasteiger charge is -2.21. The Morgan fingerprint density at radius 3 is 2.52 bits per heavy atom. The highest BCUT2D eigenvalue weighted by Crippen LogP contribution is 2.28. The zero-order valence-electron chi connectivity index (χ0n) is 19.3. The SMILES string of the molecule is CCN(Cc1ccc(OC)c(OC)c1)C(=O)CCCCCN=C1NS(=O)(=O)c2ccccc21. The van der Waals surface area contributed by atoms with Gasteiger partial charge in [0.15, 0.2) is 11.5 Å². The predicted molar refractivity (Wildman–Crippen MR) is 127 cm³/mol. The van der Waals surface area contributed by atoms with Gasteiger partial charge in [0.2, 0.25) is 5.91 Å². The number of ether oxygens (including phenoxy) is 2. The maximum absolute atomic E-state index is 12.7. The number of unbranched alkanes of at least 4 members (excludes halogenated alkanes) is 2. The van der Waals surface area contributed by atoms with Gasteiger partial charge in [0.1, 0.15) is 5.84 Å². The van der Waals surface area contributed by atoms with Gasteiger partial charge in [-0.25, -0.2) is 8.42 Å². The van der Waals surface area contributed by atoms with Crippen LogP contribution in [0.3, 0.4) is 0 Å². The lowest BCUT2D eigenvalue weighted by atomic mass is 10.1. The first kappa shape index (κ1) is 24.6. The van der Waals surface area contributed by atoms with E-state index in [0.29, 0.717) is 49.0 Å². The summed E-state index contributed by atoms with van der Waals surface area (Å²) in [6.45, 7) is 3.61. The van der Waals surface area contributed by atoms with Crippen molar-refractivity contribution >= 4 is 21.8 Å². The highest BCUT2D eigenvalue weighted by molar-refractivity contribution is 7.90. The monoisotopic (exact) mass is 473 g/mol. The van der Waals surface area contributed by atoms with Crippen molar-refractivity contribution in [3.63, 3.8) is 0 Å². The maximum Gasteiger partial charge on any atom is 0.263 e. The average molecular weight is 474 g/mol. The summed E-state index contributed by atoms with van der Waals surface area (Å²) in [6.07, 6.45) is 2.84. The summed E-state index contributed by atoms with van der Waals surface area (Å²) in [5.74, 6) is 1.81. The Bertz CT molecular complexity index is 1110. The van der Waals surface area contributed by atoms with E-state index in [4.69, 9.17) is 9.47 Å². The molecule has 33 heavy (non-hydrogen) atoms. The van der Waals surface area contributed by atoms with Crippen LogP contribution in [0.4, 0.5) is 0 Å². The normalized spacial score (nSPS) is 15.1. The molecule has 178 valence electrons. The second kappa shape index (κ2) is 11.2. The van der Waals surface area contributed by atoms with Crippen molar-refractivity contribution in [3.8, 4) is 11.5 Å². The van der Waals surface area contributed by atoms with Crippen molar-refractivity contribution in [2.24, 2.45) is 4.99 Å². The lowest BCUT2D eigenvalue weighted by Crippen LogP contribution is -2.30. The summed E-state index contributed by atoms with van der Waals surface area (Å²) in [5.41, 5.74) is 1.60. The zero-order chi connectivity index (χ0) is 23.8. The average Bonchev–Trinajstić information content (AvgIpc) is 3.09. The predicted octanol–water partition coefficient (Wildman–Crippen LogP) is 3.35. The van der Waals surface area contributed by atoms with E-state index in [-0.39, 0.29) is 10.8 Å². The van der Waals surface area contributed by atoms with Gasteiger partial charge in [-0.1, -0.05) is 24.6 Å². The van der Waals surface area contributed by atoms with Crippen molar-refractivity contribution in [2.45, 2.75) is 44.0 Å². The van der Waals surface area contributed by atoms with Crippen LogP contribution in [0.1, 0.15) is 43.7 Å². The summed E-state index contributed by atoms with van der Waals surface area (Å²) >= 11 is 0. The first-order valence-electron chi connectivity index (χ1n) is 11.0. The number of aliphatic imine (C=N–C) groups is 1. The number of methoxy groups -OCH3 is 2. The quantitative estimate of drug-likeness (QED) is 0.505. The molecule has 3 rings (SSSR count). The number of fused-ring (bicyclic) bond motifs is 1. The molecule has 0 aromatic heterocycles. The molecule has 1 amide bonds. The van der Waals surface area contributed by atoms with Gasteiger partial charge in [-0.15, -0.1) is 0 Å². The Labute approximate surface area is 195 Å². The van der Waals surface area contributed by atoms with E-state index in [9.17, 15) is 13.2 Å². The van der Waals surface area contributed by atoms with Crippen molar-refractivity contribution in [3.05, 3.63) is 53.6 Å². The number of benzene rings is 2. The number of nitrogens with zero attached hydrogens (tertiary/aromatic N) is 2. The van der Waals surface area contributed by atoms with E-state index in [1.165, 1.54) is 0 Å². The maximum atomic E-state index is 12.7. The molecule has 2 aromatic rings. The van der Waals surface area contributed by atoms with Crippen LogP contribution in [-0.2, 0) is 21.4 Å². The summed E-state index contributed by atoms with van der Waals surface area (Å²) in [5, 5.41) is 0. The third kappa shape index (κ3) is 6.04. The Morgan fingerprint density at radius 1 is 1.03 bits per heavy atom. The number of amides is 1. The van der Waals surface area contributed by atoms with E-state index in [1.54, 1.807) is 38.5 Å². The van der Waals surface area contributed by atoms with Crippen LogP contribution in [-0.4, -0.2) is 52.4 Å². The standard InChI is InChI=1S/C24H31N3O5S/c1-4-27(17-18-13-14-20(31-2)21(16-18)32-3)23(28)12-6-5-9-15-25-24-19-10-7-8-11-22(19)33(29,30)26-24/h7-8,10-11,13-14,16H,4-6,9,12,15,17H2,1-3H3,(H,25,26). The zero-order valence-corrected chi connectivity index (χ0v) is 20.2. The van der Waals surface area contributed by atoms with Crippen LogP contribution < -0.4 is 14.2 Å². The Balaban J connectivity index is 1.45. The van der Waals surface area contributed by atoms with Crippen LogP contribution in [0.5, 0.6) is 11.5 Å². The second-order valence-electron chi connectivity index (χ2n) is 7.74. The molecule has 0 unspecified atom stereocenters. The molecule has 0 saturated carbocycles. The van der Waals surface area contributed by atoms with E-state index in [2.05, 4.69) is 9.71 Å². The van der Waals surface area contributed by atoms with Crippen LogP contribution >= 0.6 is 0 Å². The molecule has 0 atom stereocenters. The number of carbonyl (C=O) groups excluding carboxylic acids is 1. The number of nitrogens with one attached hydrogen (secondary N) is 1. The minimum Gasteiger partial charge on any atom is -0.493 e. The Kier molecular flexibility index (Phi) is 8.32. The molecule has 1 aliphatic rings. The first-order valence-corrected chi connectivity index (χ1v) is 12.5. The van der Waals surface area contributed by atoms with Crippen molar-refractivity contribution in [2.75, 3.05) is 27.3 Å². The molecule has 0 fully saturated rings. The summed E-state index contributed by atoms with van der Waals surface area (Å²) < 4.78 is 37.4. The fraction of sp³-hybridized carbons (Fsp3) is 0.417. The van der Waals surface area contributed by atoms with E-state index >= 15 is 0 Å². The second-order valence-corrected chi connectivity index (χ2v) is 9.39. The number of hydrogen-bond donors (Lipinski definition) is 1. The highest BCUT2D eigenvalue weighted by Gasteiger charge is 2.29. The highest BCUT2D eigenvalue weighted by atomic mass is 32.2. The van der Waals surface area contributed by atoms with Gasteiger partial charge in [0.25, 0.3) is 10.0 Å². The molecular weight excluding hydrogens is 442 g/mol. The third-order valence-corrected chi connectivity index (χ3v) is 6.93. The van der Waals surface area contributed by atoms with Gasteiger partial charge in [0, 0.05) is 31.6 Å². The third-order valence-electron chi connectivity index (χ3n) is 5.54. The molecule has 1 aliphatic heterocycles. The van der Waals surface area contributed by atoms with Gasteiger partial charge in [-0.3, -0.25) is 14.5 Å². The summed E-state index contributed by atoms with van der Waals surface area (Å²) in [4.78, 5) is 19.2. The van der Waals surface area contributed by atoms with Gasteiger partial charge in [-0.2, -0.15) is 0 Å². The molecule has 1 N–H and O–H groups in total. The van der Waals surface area contributed by atoms with Crippen LogP contribution in [0.15, 0.2) is 52.4 Å². The fourth-order valence-corrected chi connectivity index (χ4v) is 4.99. The van der Waals surface area contributed by atoms with Crippen molar-refractivity contribution in [1.82, 2.24) is 9.62 Å². The molecule has 0 radical (unpaired) electrons. The molecular formula is C24H31N3O5S. The summed E-state index contributed by atoms with van der Waals surface area (Å²) in [6, 6.07) is 12.5. The molecule has 2 aromatic carbocycles. The van der Waals surface area contributed by atoms with E-state index in [1.807, 2.05) is 30.0 Å². The van der Waals surface area contributed by atoms with Crippen molar-refractivity contribution in [1.29, 1.82) is 0 Å². The lowest BCUT2D eigenvalue weighted by molar-refractivity contribution is -0.131. The molecule has 0 spiro atoms. The van der Waals surface area contributed by atoms with Crippen molar-refractivity contribution < 1.29 is 22.7 Å². The van der Waals surface area contributed by atoms with Crippen LogP contribution in [0, 0.1) is 0 Å². The number of rotatable bonds is 11. The van der Waals surface area contributed by atoms with Crippen LogP contribution in [0.25, 0.3) is 0 Å². The molecule has 8 nitrogen and oxygen atoms in total. The van der Waals surface area contributed by atoms with Gasteiger partial charge in [-0.05, 0) is 49.6 Å². The molecule has 0 aliphatic carbocycles. The minimum atomic E-state index is -3.51. The van der Waals surface area contributed by atoms with Gasteiger partial charge < -0.3 is 14.4 Å². The molecule has 1 heterocycles. The minimum absolute atomic E-state index is 0.107. The topological polar surface area (TPSA) is 97.3 Å².